The van der Waals surface area contributed by atoms with Crippen LogP contribution in [0.5, 0.6) is 0 Å². The summed E-state index contributed by atoms with van der Waals surface area (Å²) in [5.41, 5.74) is 2.24. The van der Waals surface area contributed by atoms with Crippen LogP contribution < -0.4 is 0 Å². The van der Waals surface area contributed by atoms with Crippen molar-refractivity contribution in [3.8, 4) is 11.3 Å². The third-order valence-corrected chi connectivity index (χ3v) is 5.84. The van der Waals surface area contributed by atoms with Gasteiger partial charge in [0.2, 0.25) is 0 Å². The van der Waals surface area contributed by atoms with Crippen molar-refractivity contribution in [3.05, 3.63) is 54.1 Å². The number of fused-ring (bicyclic) bond motifs is 1. The Morgan fingerprint density at radius 1 is 0.967 bits per heavy atom. The monoisotopic (exact) mass is 405 g/mol. The molecule has 1 unspecified atom stereocenters. The van der Waals surface area contributed by atoms with E-state index in [-0.39, 0.29) is 17.9 Å². The minimum Gasteiger partial charge on any atom is -0.368 e. The summed E-state index contributed by atoms with van der Waals surface area (Å²) in [6, 6.07) is 15.2. The highest BCUT2D eigenvalue weighted by atomic mass is 16.5. The first kappa shape index (κ1) is 18.8. The number of nitrogens with zero attached hydrogens (tertiary/aromatic N) is 3. The molecule has 2 amide bonds. The van der Waals surface area contributed by atoms with Crippen molar-refractivity contribution in [2.24, 2.45) is 0 Å². The van der Waals surface area contributed by atoms with Crippen molar-refractivity contribution in [2.45, 2.75) is 18.9 Å². The zero-order valence-electron chi connectivity index (χ0n) is 16.6. The molecule has 1 aromatic heterocycles. The zero-order valence-corrected chi connectivity index (χ0v) is 16.6. The Balaban J connectivity index is 1.31. The summed E-state index contributed by atoms with van der Waals surface area (Å²) in [6.07, 6.45) is 1.42. The molecule has 7 nitrogen and oxygen atoms in total. The molecule has 5 rings (SSSR count). The van der Waals surface area contributed by atoms with Crippen molar-refractivity contribution in [1.82, 2.24) is 15.0 Å². The molecule has 154 valence electrons. The van der Waals surface area contributed by atoms with E-state index in [1.54, 1.807) is 11.0 Å². The molecule has 2 aliphatic heterocycles. The van der Waals surface area contributed by atoms with Gasteiger partial charge in [0.1, 0.15) is 11.6 Å². The van der Waals surface area contributed by atoms with Crippen molar-refractivity contribution < 1.29 is 18.8 Å². The molecule has 30 heavy (non-hydrogen) atoms. The van der Waals surface area contributed by atoms with Gasteiger partial charge in [-0.25, -0.2) is 0 Å². The topological polar surface area (TPSA) is 75.9 Å². The van der Waals surface area contributed by atoms with E-state index < -0.39 is 0 Å². The molecular weight excluding hydrogens is 382 g/mol. The molecule has 7 heteroatoms. The third-order valence-electron chi connectivity index (χ3n) is 5.84. The van der Waals surface area contributed by atoms with Gasteiger partial charge in [0, 0.05) is 43.9 Å². The lowest BCUT2D eigenvalue weighted by Gasteiger charge is -2.35. The molecule has 0 radical (unpaired) electrons. The van der Waals surface area contributed by atoms with Crippen LogP contribution in [0, 0.1) is 0 Å². The number of ether oxygens (including phenoxy) is 1. The number of carbonyl (C=O) groups excluding carboxylic acids is 2. The predicted molar refractivity (Wildman–Crippen MR) is 111 cm³/mol. The zero-order chi connectivity index (χ0) is 20.5. The predicted octanol–water partition coefficient (Wildman–Crippen LogP) is 2.96. The van der Waals surface area contributed by atoms with Gasteiger partial charge in [-0.2, -0.15) is 0 Å². The van der Waals surface area contributed by atoms with Crippen LogP contribution in [0.25, 0.3) is 22.2 Å². The number of hydrogen-bond acceptors (Lipinski definition) is 5. The van der Waals surface area contributed by atoms with E-state index in [1.165, 1.54) is 0 Å². The second kappa shape index (κ2) is 7.91. The van der Waals surface area contributed by atoms with Crippen LogP contribution >= 0.6 is 0 Å². The Hall–Kier alpha value is -3.19. The highest BCUT2D eigenvalue weighted by molar-refractivity contribution is 6.01. The van der Waals surface area contributed by atoms with E-state index in [1.807, 2.05) is 47.4 Å². The van der Waals surface area contributed by atoms with E-state index in [9.17, 15) is 9.59 Å². The van der Waals surface area contributed by atoms with Crippen LogP contribution in [0.2, 0.25) is 0 Å². The minimum atomic E-state index is -0.306. The standard InChI is InChI=1S/C23H23N3O4/c27-22(25-10-12-26(13-11-25)23(28)20-7-4-14-29-20)17-8-9-19-18(15-17)21(30-24-19)16-5-2-1-3-6-16/h1-3,5-6,8-9,15,20H,4,7,10-14H2. The highest BCUT2D eigenvalue weighted by Gasteiger charge is 2.31. The quantitative estimate of drug-likeness (QED) is 0.670. The third kappa shape index (κ3) is 3.45. The molecular formula is C23H23N3O4. The Kier molecular flexibility index (Phi) is 4.96. The van der Waals surface area contributed by atoms with Crippen LogP contribution in [0.15, 0.2) is 53.1 Å². The smallest absolute Gasteiger partial charge is 0.254 e. The number of piperazine rings is 1. The van der Waals surface area contributed by atoms with Gasteiger partial charge in [-0.1, -0.05) is 35.5 Å². The lowest BCUT2D eigenvalue weighted by Crippen LogP contribution is -2.52. The number of benzene rings is 2. The summed E-state index contributed by atoms with van der Waals surface area (Å²) in [4.78, 5) is 29.2. The molecule has 2 saturated heterocycles. The number of rotatable bonds is 3. The fourth-order valence-electron chi connectivity index (χ4n) is 4.16. The lowest BCUT2D eigenvalue weighted by molar-refractivity contribution is -0.142. The van der Waals surface area contributed by atoms with E-state index in [2.05, 4.69) is 5.16 Å². The van der Waals surface area contributed by atoms with Gasteiger partial charge >= 0.3 is 0 Å². The molecule has 3 heterocycles. The normalized spacial score (nSPS) is 19.4. The van der Waals surface area contributed by atoms with Gasteiger partial charge in [0.25, 0.3) is 11.8 Å². The van der Waals surface area contributed by atoms with Crippen molar-refractivity contribution in [1.29, 1.82) is 0 Å². The second-order valence-corrected chi connectivity index (χ2v) is 7.73. The first-order valence-corrected chi connectivity index (χ1v) is 10.4. The van der Waals surface area contributed by atoms with Crippen molar-refractivity contribution in [2.75, 3.05) is 32.8 Å². The Labute approximate surface area is 174 Å². The molecule has 0 bridgehead atoms. The van der Waals surface area contributed by atoms with Crippen LogP contribution in [0.3, 0.4) is 0 Å². The number of aromatic nitrogens is 1. The average molecular weight is 405 g/mol. The Morgan fingerprint density at radius 3 is 2.47 bits per heavy atom. The number of carbonyl (C=O) groups is 2. The van der Waals surface area contributed by atoms with Crippen LogP contribution in [0.4, 0.5) is 0 Å². The van der Waals surface area contributed by atoms with Crippen LogP contribution in [-0.2, 0) is 9.53 Å². The molecule has 0 aliphatic carbocycles. The molecule has 0 saturated carbocycles. The van der Waals surface area contributed by atoms with Crippen molar-refractivity contribution in [3.63, 3.8) is 0 Å². The molecule has 1 atom stereocenters. The highest BCUT2D eigenvalue weighted by Crippen LogP contribution is 2.29. The summed E-state index contributed by atoms with van der Waals surface area (Å²) in [7, 11) is 0. The SMILES string of the molecule is O=C(c1ccc2noc(-c3ccccc3)c2c1)N1CCN(C(=O)C2CCCO2)CC1. The first-order valence-electron chi connectivity index (χ1n) is 10.4. The molecule has 3 aromatic rings. The summed E-state index contributed by atoms with van der Waals surface area (Å²) >= 11 is 0. The fourth-order valence-corrected chi connectivity index (χ4v) is 4.16. The van der Waals surface area contributed by atoms with Crippen LogP contribution in [-0.4, -0.2) is 65.7 Å². The van der Waals surface area contributed by atoms with Gasteiger partial charge < -0.3 is 19.1 Å². The average Bonchev–Trinajstić information content (AvgIpc) is 3.48. The van der Waals surface area contributed by atoms with Gasteiger partial charge in [0.05, 0.1) is 5.39 Å². The van der Waals surface area contributed by atoms with E-state index in [4.69, 9.17) is 9.26 Å². The Bertz CT molecular complexity index is 1060. The number of amides is 2. The van der Waals surface area contributed by atoms with Crippen LogP contribution in [0.1, 0.15) is 23.2 Å². The summed E-state index contributed by atoms with van der Waals surface area (Å²) in [5.74, 6) is 0.673. The number of hydrogen-bond donors (Lipinski definition) is 0. The van der Waals surface area contributed by atoms with Gasteiger partial charge in [-0.15, -0.1) is 0 Å². The molecule has 0 spiro atoms. The van der Waals surface area contributed by atoms with Gasteiger partial charge in [0.15, 0.2) is 5.76 Å². The maximum atomic E-state index is 13.1. The Morgan fingerprint density at radius 2 is 1.73 bits per heavy atom. The van der Waals surface area contributed by atoms with Crippen molar-refractivity contribution >= 4 is 22.7 Å². The summed E-state index contributed by atoms with van der Waals surface area (Å²) in [6.45, 7) is 2.77. The van der Waals surface area contributed by atoms with Gasteiger partial charge in [-0.3, -0.25) is 9.59 Å². The van der Waals surface area contributed by atoms with E-state index in [0.717, 1.165) is 29.3 Å². The fraction of sp³-hybridized carbons (Fsp3) is 0.348. The first-order chi connectivity index (χ1) is 14.7. The largest absolute Gasteiger partial charge is 0.368 e. The maximum absolute atomic E-state index is 13.1. The molecule has 2 aliphatic rings. The molecule has 0 N–H and O–H groups in total. The molecule has 2 fully saturated rings. The van der Waals surface area contributed by atoms with E-state index in [0.29, 0.717) is 44.1 Å². The molecule has 2 aromatic carbocycles. The van der Waals surface area contributed by atoms with Gasteiger partial charge in [-0.05, 0) is 31.0 Å². The second-order valence-electron chi connectivity index (χ2n) is 7.73. The maximum Gasteiger partial charge on any atom is 0.254 e. The summed E-state index contributed by atoms with van der Waals surface area (Å²) < 4.78 is 11.0. The lowest BCUT2D eigenvalue weighted by atomic mass is 10.1. The minimum absolute atomic E-state index is 0.0404. The van der Waals surface area contributed by atoms with E-state index >= 15 is 0 Å². The summed E-state index contributed by atoms with van der Waals surface area (Å²) in [5, 5.41) is 4.94.